The molecule has 6 heteroatoms. The topological polar surface area (TPSA) is 114 Å². The van der Waals surface area contributed by atoms with Gasteiger partial charge in [0.05, 0.1) is 25.7 Å². The summed E-state index contributed by atoms with van der Waals surface area (Å²) in [7, 11) is 3.01. The standard InChI is InChI=1S/C9H8O4.C3H8O.CH5N/c1-13-9(12)7-4-2-6(3-5-7)8(10)11;1-2-3-4;1-2/h2-5H,1H3,(H,10,11);4H,2-3H2,1H3;2H2,1H3. The molecule has 0 aliphatic carbocycles. The molecule has 0 atom stereocenters. The Morgan fingerprint density at radius 1 is 1.21 bits per heavy atom. The first kappa shape index (κ1) is 19.4. The van der Waals surface area contributed by atoms with E-state index in [1.165, 1.54) is 31.4 Å². The number of aromatic carboxylic acids is 1. The van der Waals surface area contributed by atoms with Crippen molar-refractivity contribution in [3.63, 3.8) is 0 Å². The molecule has 0 fully saturated rings. The van der Waals surface area contributed by atoms with E-state index in [-0.39, 0.29) is 5.56 Å². The lowest BCUT2D eigenvalue weighted by atomic mass is 10.1. The first-order valence-corrected chi connectivity index (χ1v) is 5.78. The molecule has 1 aromatic rings. The fourth-order valence-electron chi connectivity index (χ4n) is 0.860. The van der Waals surface area contributed by atoms with Gasteiger partial charge >= 0.3 is 5.97 Å². The minimum absolute atomic E-state index is 0.0349. The Labute approximate surface area is 112 Å². The number of aliphatic hydroxyl groups excluding tert-OH is 1. The van der Waals surface area contributed by atoms with E-state index in [0.717, 1.165) is 6.42 Å². The van der Waals surface area contributed by atoms with E-state index in [2.05, 4.69) is 10.5 Å². The lowest BCUT2D eigenvalue weighted by Gasteiger charge is -2.02. The van der Waals surface area contributed by atoms with E-state index in [0.29, 0.717) is 12.2 Å². The lowest BCUT2D eigenvalue weighted by molar-refractivity contribution is -0.325. The van der Waals surface area contributed by atoms with Crippen LogP contribution >= 0.6 is 0 Å². The molecular formula is C13H21NO5. The van der Waals surface area contributed by atoms with Gasteiger partial charge in [0.2, 0.25) is 0 Å². The highest BCUT2D eigenvalue weighted by Crippen LogP contribution is 2.04. The second-order valence-electron chi connectivity index (χ2n) is 3.08. The molecule has 1 rings (SSSR count). The number of methoxy groups -OCH3 is 1. The normalized spacial score (nSPS) is 8.26. The number of esters is 1. The van der Waals surface area contributed by atoms with Gasteiger partial charge in [-0.25, -0.2) is 4.79 Å². The molecular weight excluding hydrogens is 250 g/mol. The van der Waals surface area contributed by atoms with Crippen molar-refractivity contribution in [3.05, 3.63) is 35.4 Å². The number of hydrogen-bond acceptors (Lipinski definition) is 5. The van der Waals surface area contributed by atoms with Gasteiger partial charge in [0, 0.05) is 6.61 Å². The molecule has 0 aliphatic heterocycles. The van der Waals surface area contributed by atoms with Gasteiger partial charge in [0.1, 0.15) is 0 Å². The smallest absolute Gasteiger partial charge is 0.337 e. The highest BCUT2D eigenvalue weighted by atomic mass is 16.5. The summed E-state index contributed by atoms with van der Waals surface area (Å²) in [6, 6.07) is 5.33. The third-order valence-corrected chi connectivity index (χ3v) is 1.77. The Kier molecular flexibility index (Phi) is 12.8. The Morgan fingerprint density at radius 3 is 1.84 bits per heavy atom. The minimum Gasteiger partial charge on any atom is -0.545 e. The summed E-state index contributed by atoms with van der Waals surface area (Å²) in [5, 5.41) is 18.2. The van der Waals surface area contributed by atoms with Crippen molar-refractivity contribution < 1.29 is 30.3 Å². The zero-order valence-electron chi connectivity index (χ0n) is 11.5. The van der Waals surface area contributed by atoms with Crippen molar-refractivity contribution in [2.24, 2.45) is 0 Å². The highest BCUT2D eigenvalue weighted by molar-refractivity contribution is 5.91. The molecule has 0 heterocycles. The maximum Gasteiger partial charge on any atom is 0.337 e. The van der Waals surface area contributed by atoms with Crippen LogP contribution in [-0.2, 0) is 4.74 Å². The van der Waals surface area contributed by atoms with E-state index in [4.69, 9.17) is 5.11 Å². The molecule has 0 spiro atoms. The highest BCUT2D eigenvalue weighted by Gasteiger charge is 2.03. The average molecular weight is 271 g/mol. The van der Waals surface area contributed by atoms with E-state index in [1.54, 1.807) is 7.05 Å². The predicted octanol–water partition coefficient (Wildman–Crippen LogP) is -0.916. The number of carboxylic acids is 1. The molecule has 1 aromatic carbocycles. The number of aliphatic hydroxyl groups is 1. The Morgan fingerprint density at radius 2 is 1.58 bits per heavy atom. The van der Waals surface area contributed by atoms with Crippen LogP contribution in [0.2, 0.25) is 0 Å². The Hall–Kier alpha value is -1.92. The fraction of sp³-hybridized carbons (Fsp3) is 0.385. The first-order valence-electron chi connectivity index (χ1n) is 5.78. The van der Waals surface area contributed by atoms with Crippen LogP contribution in [0.1, 0.15) is 34.1 Å². The molecule has 6 nitrogen and oxygen atoms in total. The summed E-state index contributed by atoms with van der Waals surface area (Å²) in [6.07, 6.45) is 0.875. The molecule has 0 saturated heterocycles. The van der Waals surface area contributed by atoms with Crippen molar-refractivity contribution in [1.82, 2.24) is 0 Å². The van der Waals surface area contributed by atoms with Gasteiger partial charge in [0.15, 0.2) is 0 Å². The summed E-state index contributed by atoms with van der Waals surface area (Å²) in [5.41, 5.74) is 3.60. The van der Waals surface area contributed by atoms with Crippen LogP contribution in [0.3, 0.4) is 0 Å². The number of quaternary nitrogens is 1. The number of benzene rings is 1. The molecule has 4 N–H and O–H groups in total. The van der Waals surface area contributed by atoms with Crippen LogP contribution < -0.4 is 10.8 Å². The Balaban J connectivity index is 0. The third-order valence-electron chi connectivity index (χ3n) is 1.77. The second kappa shape index (κ2) is 12.5. The molecule has 0 bridgehead atoms. The fourth-order valence-corrected chi connectivity index (χ4v) is 0.860. The van der Waals surface area contributed by atoms with Crippen molar-refractivity contribution in [2.45, 2.75) is 13.3 Å². The summed E-state index contributed by atoms with van der Waals surface area (Å²) < 4.78 is 4.43. The van der Waals surface area contributed by atoms with Crippen LogP contribution in [0.4, 0.5) is 0 Å². The number of hydrogen-bond donors (Lipinski definition) is 2. The summed E-state index contributed by atoms with van der Waals surface area (Å²) in [4.78, 5) is 21.2. The van der Waals surface area contributed by atoms with Gasteiger partial charge in [0.25, 0.3) is 0 Å². The molecule has 0 saturated carbocycles. The largest absolute Gasteiger partial charge is 0.545 e. The van der Waals surface area contributed by atoms with Gasteiger partial charge in [-0.1, -0.05) is 19.1 Å². The SMILES string of the molecule is CCCO.COC(=O)c1ccc(C(=O)[O-])cc1.C[NH3+]. The van der Waals surface area contributed by atoms with Gasteiger partial charge in [-0.05, 0) is 24.1 Å². The molecule has 0 aromatic heterocycles. The number of carbonyl (C=O) groups excluding carboxylic acids is 2. The van der Waals surface area contributed by atoms with Gasteiger partial charge in [-0.3, -0.25) is 0 Å². The van der Waals surface area contributed by atoms with Gasteiger partial charge in [-0.2, -0.15) is 0 Å². The van der Waals surface area contributed by atoms with Crippen LogP contribution in [0.5, 0.6) is 0 Å². The molecule has 0 aliphatic rings. The molecule has 0 unspecified atom stereocenters. The van der Waals surface area contributed by atoms with Crippen LogP contribution in [0.15, 0.2) is 24.3 Å². The van der Waals surface area contributed by atoms with Crippen LogP contribution in [0.25, 0.3) is 0 Å². The molecule has 0 amide bonds. The number of rotatable bonds is 3. The van der Waals surface area contributed by atoms with Crippen LogP contribution in [-0.4, -0.2) is 37.8 Å². The first-order chi connectivity index (χ1) is 9.06. The number of carboxylic acid groups (broad SMARTS) is 1. The molecule has 108 valence electrons. The third kappa shape index (κ3) is 8.76. The number of carbonyl (C=O) groups is 2. The predicted molar refractivity (Wildman–Crippen MR) is 68.3 cm³/mol. The van der Waals surface area contributed by atoms with Crippen molar-refractivity contribution in [3.8, 4) is 0 Å². The van der Waals surface area contributed by atoms with Gasteiger partial charge in [-0.15, -0.1) is 0 Å². The zero-order valence-corrected chi connectivity index (χ0v) is 11.5. The summed E-state index contributed by atoms with van der Waals surface area (Å²) in [6.45, 7) is 2.25. The van der Waals surface area contributed by atoms with Crippen molar-refractivity contribution >= 4 is 11.9 Å². The maximum absolute atomic E-state index is 10.9. The lowest BCUT2D eigenvalue weighted by Crippen LogP contribution is -2.40. The van der Waals surface area contributed by atoms with Crippen molar-refractivity contribution in [1.29, 1.82) is 0 Å². The quantitative estimate of drug-likeness (QED) is 0.690. The average Bonchev–Trinajstić information content (AvgIpc) is 2.48. The molecule has 19 heavy (non-hydrogen) atoms. The molecule has 0 radical (unpaired) electrons. The maximum atomic E-state index is 10.9. The summed E-state index contributed by atoms with van der Waals surface area (Å²) >= 11 is 0. The Bertz CT molecular complexity index is 360. The number of ether oxygens (including phenoxy) is 1. The van der Waals surface area contributed by atoms with E-state index < -0.39 is 11.9 Å². The van der Waals surface area contributed by atoms with E-state index in [9.17, 15) is 14.7 Å². The summed E-state index contributed by atoms with van der Waals surface area (Å²) in [5.74, 6) is -1.76. The van der Waals surface area contributed by atoms with Crippen molar-refractivity contribution in [2.75, 3.05) is 20.8 Å². The van der Waals surface area contributed by atoms with Crippen LogP contribution in [0, 0.1) is 0 Å². The van der Waals surface area contributed by atoms with E-state index >= 15 is 0 Å². The second-order valence-corrected chi connectivity index (χ2v) is 3.08. The van der Waals surface area contributed by atoms with Gasteiger partial charge < -0.3 is 25.5 Å². The minimum atomic E-state index is -1.27. The van der Waals surface area contributed by atoms with E-state index in [1.807, 2.05) is 6.92 Å². The monoisotopic (exact) mass is 271 g/mol. The zero-order chi connectivity index (χ0) is 15.3.